The molecule has 4 heteroatoms. The van der Waals surface area contributed by atoms with Crippen molar-refractivity contribution in [2.45, 2.75) is 32.2 Å². The number of nitrogens with two attached hydrogens (primary N) is 1. The van der Waals surface area contributed by atoms with Crippen molar-refractivity contribution in [3.05, 3.63) is 0 Å². The molecule has 0 radical (unpaired) electrons. The summed E-state index contributed by atoms with van der Waals surface area (Å²) in [5, 5.41) is 8.26. The molecule has 4 nitrogen and oxygen atoms in total. The Kier molecular flexibility index (Phi) is 4.45. The number of carbonyl (C=O) groups is 2. The van der Waals surface area contributed by atoms with E-state index in [9.17, 15) is 9.59 Å². The molecule has 0 fully saturated rings. The quantitative estimate of drug-likeness (QED) is 0.598. The van der Waals surface area contributed by atoms with Crippen LogP contribution in [-0.2, 0) is 9.59 Å². The maximum Gasteiger partial charge on any atom is 0.303 e. The number of carboxylic acids is 1. The van der Waals surface area contributed by atoms with E-state index in [1.54, 1.807) is 0 Å². The Balaban J connectivity index is 3.44. The maximum absolute atomic E-state index is 10.5. The minimum Gasteiger partial charge on any atom is -0.481 e. The van der Waals surface area contributed by atoms with Crippen LogP contribution in [0.4, 0.5) is 0 Å². The Labute approximate surface area is 65.4 Å². The second-order valence-corrected chi connectivity index (χ2v) is 2.60. The summed E-state index contributed by atoms with van der Waals surface area (Å²) in [5.74, 6) is -0.869. The van der Waals surface area contributed by atoms with Crippen molar-refractivity contribution in [2.75, 3.05) is 0 Å². The fourth-order valence-corrected chi connectivity index (χ4v) is 0.780. The van der Waals surface area contributed by atoms with Gasteiger partial charge in [-0.2, -0.15) is 0 Å². The highest BCUT2D eigenvalue weighted by Gasteiger charge is 2.07. The second kappa shape index (κ2) is 4.85. The molecule has 0 saturated carbocycles. The van der Waals surface area contributed by atoms with Crippen molar-refractivity contribution in [1.82, 2.24) is 0 Å². The molecule has 0 spiro atoms. The molecule has 0 amide bonds. The third-order valence-corrected chi connectivity index (χ3v) is 1.28. The van der Waals surface area contributed by atoms with Gasteiger partial charge < -0.3 is 10.8 Å². The van der Waals surface area contributed by atoms with Crippen molar-refractivity contribution in [3.8, 4) is 0 Å². The molecule has 0 heterocycles. The Morgan fingerprint density at radius 1 is 1.55 bits per heavy atom. The molecule has 0 aliphatic heterocycles. The Morgan fingerprint density at radius 2 is 2.09 bits per heavy atom. The van der Waals surface area contributed by atoms with Gasteiger partial charge in [-0.3, -0.25) is 9.59 Å². The topological polar surface area (TPSA) is 80.4 Å². The lowest BCUT2D eigenvalue weighted by molar-refractivity contribution is -0.137. The molecular weight excluding hydrogens is 146 g/mol. The summed E-state index contributed by atoms with van der Waals surface area (Å²) in [6.07, 6.45) is 0.677. The summed E-state index contributed by atoms with van der Waals surface area (Å²) in [7, 11) is 0. The van der Waals surface area contributed by atoms with Gasteiger partial charge >= 0.3 is 5.97 Å². The third kappa shape index (κ3) is 6.99. The van der Waals surface area contributed by atoms with E-state index < -0.39 is 5.97 Å². The van der Waals surface area contributed by atoms with Crippen LogP contribution < -0.4 is 5.73 Å². The van der Waals surface area contributed by atoms with Gasteiger partial charge in [-0.1, -0.05) is 0 Å². The van der Waals surface area contributed by atoms with Crippen molar-refractivity contribution in [1.29, 1.82) is 0 Å². The van der Waals surface area contributed by atoms with Crippen LogP contribution in [0.5, 0.6) is 0 Å². The zero-order valence-electron chi connectivity index (χ0n) is 6.54. The molecule has 64 valence electrons. The summed E-state index contributed by atoms with van der Waals surface area (Å²) >= 11 is 0. The zero-order chi connectivity index (χ0) is 8.85. The lowest BCUT2D eigenvalue weighted by Crippen LogP contribution is -2.23. The number of Topliss-reactive ketones (excluding diaryl/α,β-unsaturated/α-hetero) is 1. The van der Waals surface area contributed by atoms with E-state index in [2.05, 4.69) is 0 Å². The summed E-state index contributed by atoms with van der Waals surface area (Å²) in [6, 6.07) is -0.302. The van der Waals surface area contributed by atoms with Crippen molar-refractivity contribution >= 4 is 11.8 Å². The Morgan fingerprint density at radius 3 is 2.45 bits per heavy atom. The van der Waals surface area contributed by atoms with Crippen molar-refractivity contribution < 1.29 is 14.7 Å². The van der Waals surface area contributed by atoms with Crippen LogP contribution in [-0.4, -0.2) is 22.9 Å². The largest absolute Gasteiger partial charge is 0.481 e. The third-order valence-electron chi connectivity index (χ3n) is 1.28. The van der Waals surface area contributed by atoms with Gasteiger partial charge in [-0.05, 0) is 13.3 Å². The van der Waals surface area contributed by atoms with Gasteiger partial charge in [0.1, 0.15) is 5.78 Å². The fraction of sp³-hybridized carbons (Fsp3) is 0.714. The fourth-order valence-electron chi connectivity index (χ4n) is 0.780. The van der Waals surface area contributed by atoms with E-state index in [4.69, 9.17) is 10.8 Å². The normalized spacial score (nSPS) is 12.5. The van der Waals surface area contributed by atoms with Gasteiger partial charge in [0.2, 0.25) is 0 Å². The van der Waals surface area contributed by atoms with Gasteiger partial charge in [0.05, 0.1) is 0 Å². The number of ketones is 1. The molecule has 0 saturated heterocycles. The highest BCUT2D eigenvalue weighted by molar-refractivity contribution is 5.76. The number of carbonyl (C=O) groups excluding carboxylic acids is 1. The molecule has 0 aromatic carbocycles. The van der Waals surface area contributed by atoms with Crippen LogP contribution in [0.3, 0.4) is 0 Å². The summed E-state index contributed by atoms with van der Waals surface area (Å²) in [5.41, 5.74) is 5.44. The first-order valence-corrected chi connectivity index (χ1v) is 3.49. The summed E-state index contributed by atoms with van der Waals surface area (Å²) < 4.78 is 0. The maximum atomic E-state index is 10.5. The zero-order valence-corrected chi connectivity index (χ0v) is 6.54. The predicted octanol–water partition coefficient (Wildman–Crippen LogP) is 0.158. The van der Waals surface area contributed by atoms with E-state index in [-0.39, 0.29) is 24.7 Å². The smallest absolute Gasteiger partial charge is 0.303 e. The molecule has 0 aliphatic rings. The van der Waals surface area contributed by atoms with Crippen LogP contribution in [0.15, 0.2) is 0 Å². The first-order chi connectivity index (χ1) is 5.02. The van der Waals surface area contributed by atoms with Gasteiger partial charge in [-0.15, -0.1) is 0 Å². The highest BCUT2D eigenvalue weighted by Crippen LogP contribution is 1.99. The van der Waals surface area contributed by atoms with E-state index >= 15 is 0 Å². The van der Waals surface area contributed by atoms with E-state index in [1.165, 1.54) is 6.92 Å². The average molecular weight is 159 g/mol. The van der Waals surface area contributed by atoms with E-state index in [0.717, 1.165) is 0 Å². The Hall–Kier alpha value is -0.900. The van der Waals surface area contributed by atoms with Crippen LogP contribution in [0, 0.1) is 0 Å². The molecule has 11 heavy (non-hydrogen) atoms. The number of hydrogen-bond donors (Lipinski definition) is 2. The highest BCUT2D eigenvalue weighted by atomic mass is 16.4. The number of carboxylic acid groups (broad SMARTS) is 1. The van der Waals surface area contributed by atoms with Crippen LogP contribution in [0.25, 0.3) is 0 Å². The lowest BCUT2D eigenvalue weighted by Gasteiger charge is -2.05. The summed E-state index contributed by atoms with van der Waals surface area (Å²) in [6.45, 7) is 1.45. The molecule has 1 unspecified atom stereocenters. The molecule has 0 aromatic heterocycles. The standard InChI is InChI=1S/C7H13NO3/c1-5(9)4-6(8)2-3-7(10)11/h6H,2-4,8H2,1H3,(H,10,11). The SMILES string of the molecule is CC(=O)CC(N)CCC(=O)O. The first-order valence-electron chi connectivity index (χ1n) is 3.49. The minimum absolute atomic E-state index is 0.00267. The number of aliphatic carboxylic acids is 1. The number of rotatable bonds is 5. The van der Waals surface area contributed by atoms with E-state index in [1.807, 2.05) is 0 Å². The molecule has 3 N–H and O–H groups in total. The monoisotopic (exact) mass is 159 g/mol. The molecule has 0 aromatic rings. The molecule has 0 aliphatic carbocycles. The predicted molar refractivity (Wildman–Crippen MR) is 40.1 cm³/mol. The second-order valence-electron chi connectivity index (χ2n) is 2.60. The van der Waals surface area contributed by atoms with Crippen molar-refractivity contribution in [3.63, 3.8) is 0 Å². The molecule has 0 rings (SSSR count). The van der Waals surface area contributed by atoms with Gasteiger partial charge in [0, 0.05) is 18.9 Å². The lowest BCUT2D eigenvalue weighted by atomic mass is 10.1. The molecular formula is C7H13NO3. The van der Waals surface area contributed by atoms with Gasteiger partial charge in [-0.25, -0.2) is 0 Å². The Bertz CT molecular complexity index is 156. The average Bonchev–Trinajstić information content (AvgIpc) is 1.82. The summed E-state index contributed by atoms with van der Waals surface area (Å²) in [4.78, 5) is 20.5. The van der Waals surface area contributed by atoms with E-state index in [0.29, 0.717) is 6.42 Å². The minimum atomic E-state index is -0.871. The van der Waals surface area contributed by atoms with Crippen LogP contribution in [0.1, 0.15) is 26.2 Å². The first kappa shape index (κ1) is 10.1. The van der Waals surface area contributed by atoms with Gasteiger partial charge in [0.15, 0.2) is 0 Å². The van der Waals surface area contributed by atoms with Gasteiger partial charge in [0.25, 0.3) is 0 Å². The van der Waals surface area contributed by atoms with Crippen molar-refractivity contribution in [2.24, 2.45) is 5.73 Å². The van der Waals surface area contributed by atoms with Crippen LogP contribution >= 0.6 is 0 Å². The molecule has 1 atom stereocenters. The number of hydrogen-bond acceptors (Lipinski definition) is 3. The van der Waals surface area contributed by atoms with Crippen LogP contribution in [0.2, 0.25) is 0 Å². The molecule has 0 bridgehead atoms.